The molecule has 0 fully saturated rings. The predicted molar refractivity (Wildman–Crippen MR) is 109 cm³/mol. The SMILES string of the molecule is O=C1C=C(Nc2ccccc2/C=C/c2ccccc2)C(=O)c2ccccc21. The maximum Gasteiger partial charge on any atom is 0.210 e. The van der Waals surface area contributed by atoms with Crippen LogP contribution in [0.1, 0.15) is 31.8 Å². The van der Waals surface area contributed by atoms with Crippen LogP contribution >= 0.6 is 0 Å². The van der Waals surface area contributed by atoms with E-state index >= 15 is 0 Å². The van der Waals surface area contributed by atoms with Crippen LogP contribution in [-0.4, -0.2) is 11.6 Å². The molecule has 0 amide bonds. The summed E-state index contributed by atoms with van der Waals surface area (Å²) in [6, 6.07) is 24.6. The van der Waals surface area contributed by atoms with Crippen molar-refractivity contribution >= 4 is 29.4 Å². The fourth-order valence-corrected chi connectivity index (χ4v) is 3.06. The number of benzene rings is 3. The van der Waals surface area contributed by atoms with Gasteiger partial charge in [0.2, 0.25) is 5.78 Å². The molecular formula is C24H17NO2. The molecule has 0 saturated carbocycles. The molecule has 1 N–H and O–H groups in total. The summed E-state index contributed by atoms with van der Waals surface area (Å²) < 4.78 is 0. The normalized spacial score (nSPS) is 13.4. The van der Waals surface area contributed by atoms with Crippen LogP contribution in [-0.2, 0) is 0 Å². The molecule has 4 rings (SSSR count). The van der Waals surface area contributed by atoms with Gasteiger partial charge < -0.3 is 5.32 Å². The number of allylic oxidation sites excluding steroid dienone is 2. The Balaban J connectivity index is 1.63. The topological polar surface area (TPSA) is 46.2 Å². The van der Waals surface area contributed by atoms with E-state index in [-0.39, 0.29) is 11.6 Å². The maximum absolute atomic E-state index is 12.8. The molecule has 3 heteroatoms. The van der Waals surface area contributed by atoms with Gasteiger partial charge in [0.1, 0.15) is 0 Å². The van der Waals surface area contributed by atoms with Crippen LogP contribution < -0.4 is 5.32 Å². The molecule has 0 spiro atoms. The third-order valence-electron chi connectivity index (χ3n) is 4.44. The Morgan fingerprint density at radius 2 is 1.33 bits per heavy atom. The highest BCUT2D eigenvalue weighted by Crippen LogP contribution is 2.25. The van der Waals surface area contributed by atoms with Crippen LogP contribution in [0, 0.1) is 0 Å². The Morgan fingerprint density at radius 1 is 0.667 bits per heavy atom. The summed E-state index contributed by atoms with van der Waals surface area (Å²) in [6.07, 6.45) is 5.38. The summed E-state index contributed by atoms with van der Waals surface area (Å²) in [6.45, 7) is 0. The Kier molecular flexibility index (Phi) is 4.50. The molecule has 3 aromatic carbocycles. The summed E-state index contributed by atoms with van der Waals surface area (Å²) >= 11 is 0. The Morgan fingerprint density at radius 3 is 2.15 bits per heavy atom. The van der Waals surface area contributed by atoms with Crippen LogP contribution in [0.15, 0.2) is 90.6 Å². The molecule has 0 bridgehead atoms. The molecule has 3 nitrogen and oxygen atoms in total. The van der Waals surface area contributed by atoms with E-state index in [4.69, 9.17) is 0 Å². The molecule has 3 aromatic rings. The molecule has 0 heterocycles. The smallest absolute Gasteiger partial charge is 0.210 e. The van der Waals surface area contributed by atoms with Gasteiger partial charge in [-0.15, -0.1) is 0 Å². The molecule has 1 aliphatic carbocycles. The Bertz CT molecular complexity index is 1080. The zero-order valence-electron chi connectivity index (χ0n) is 14.6. The number of hydrogen-bond donors (Lipinski definition) is 1. The zero-order chi connectivity index (χ0) is 18.6. The van der Waals surface area contributed by atoms with Crippen molar-refractivity contribution in [3.8, 4) is 0 Å². The summed E-state index contributed by atoms with van der Waals surface area (Å²) in [7, 11) is 0. The van der Waals surface area contributed by atoms with E-state index in [1.165, 1.54) is 6.08 Å². The van der Waals surface area contributed by atoms with Gasteiger partial charge in [0, 0.05) is 22.9 Å². The Labute approximate surface area is 157 Å². The van der Waals surface area contributed by atoms with Crippen LogP contribution in [0.4, 0.5) is 5.69 Å². The van der Waals surface area contributed by atoms with Crippen molar-refractivity contribution in [2.45, 2.75) is 0 Å². The number of carbonyl (C=O) groups is 2. The molecule has 130 valence electrons. The van der Waals surface area contributed by atoms with Gasteiger partial charge in [-0.3, -0.25) is 9.59 Å². The minimum atomic E-state index is -0.174. The number of rotatable bonds is 4. The van der Waals surface area contributed by atoms with Crippen molar-refractivity contribution in [1.82, 2.24) is 0 Å². The van der Waals surface area contributed by atoms with Crippen molar-refractivity contribution in [1.29, 1.82) is 0 Å². The van der Waals surface area contributed by atoms with Gasteiger partial charge in [-0.25, -0.2) is 0 Å². The van der Waals surface area contributed by atoms with Crippen LogP contribution in [0.2, 0.25) is 0 Å². The minimum Gasteiger partial charge on any atom is -0.352 e. The number of nitrogens with one attached hydrogen (secondary N) is 1. The quantitative estimate of drug-likeness (QED) is 0.655. The molecule has 0 unspecified atom stereocenters. The van der Waals surface area contributed by atoms with E-state index in [2.05, 4.69) is 5.32 Å². The third-order valence-corrected chi connectivity index (χ3v) is 4.44. The van der Waals surface area contributed by atoms with Crippen LogP contribution in [0.25, 0.3) is 12.2 Å². The highest BCUT2D eigenvalue weighted by Gasteiger charge is 2.25. The van der Waals surface area contributed by atoms with E-state index in [1.54, 1.807) is 24.3 Å². The monoisotopic (exact) mass is 351 g/mol. The molecule has 27 heavy (non-hydrogen) atoms. The average molecular weight is 351 g/mol. The zero-order valence-corrected chi connectivity index (χ0v) is 14.6. The first-order chi connectivity index (χ1) is 13.2. The lowest BCUT2D eigenvalue weighted by atomic mass is 9.92. The molecule has 0 radical (unpaired) electrons. The van der Waals surface area contributed by atoms with E-state index in [0.717, 1.165) is 16.8 Å². The van der Waals surface area contributed by atoms with E-state index in [9.17, 15) is 9.59 Å². The molecule has 0 atom stereocenters. The summed E-state index contributed by atoms with van der Waals surface area (Å²) in [5.74, 6) is -0.336. The average Bonchev–Trinajstić information content (AvgIpc) is 2.72. The first-order valence-electron chi connectivity index (χ1n) is 8.71. The number of anilines is 1. The van der Waals surface area contributed by atoms with Gasteiger partial charge in [-0.05, 0) is 17.2 Å². The minimum absolute atomic E-state index is 0.162. The second-order valence-corrected chi connectivity index (χ2v) is 6.25. The predicted octanol–water partition coefficient (Wildman–Crippen LogP) is 5.23. The lowest BCUT2D eigenvalue weighted by Crippen LogP contribution is -2.21. The van der Waals surface area contributed by atoms with Crippen molar-refractivity contribution < 1.29 is 9.59 Å². The first-order valence-corrected chi connectivity index (χ1v) is 8.71. The fraction of sp³-hybridized carbons (Fsp3) is 0. The van der Waals surface area contributed by atoms with Crippen molar-refractivity contribution in [2.75, 3.05) is 5.32 Å². The van der Waals surface area contributed by atoms with Gasteiger partial charge in [0.25, 0.3) is 0 Å². The summed E-state index contributed by atoms with van der Waals surface area (Å²) in [5.41, 5.74) is 3.97. The van der Waals surface area contributed by atoms with Crippen molar-refractivity contribution in [3.63, 3.8) is 0 Å². The molecule has 1 aliphatic rings. The largest absolute Gasteiger partial charge is 0.352 e. The molecule has 0 aromatic heterocycles. The van der Waals surface area contributed by atoms with E-state index < -0.39 is 0 Å². The number of hydrogen-bond acceptors (Lipinski definition) is 3. The van der Waals surface area contributed by atoms with Crippen LogP contribution in [0.3, 0.4) is 0 Å². The highest BCUT2D eigenvalue weighted by atomic mass is 16.1. The maximum atomic E-state index is 12.8. The third kappa shape index (κ3) is 3.48. The number of para-hydroxylation sites is 1. The number of Topliss-reactive ketones (excluding diaryl/α,β-unsaturated/α-hetero) is 1. The van der Waals surface area contributed by atoms with Crippen molar-refractivity contribution in [3.05, 3.63) is 113 Å². The van der Waals surface area contributed by atoms with Crippen molar-refractivity contribution in [2.24, 2.45) is 0 Å². The van der Waals surface area contributed by atoms with Gasteiger partial charge in [-0.1, -0.05) is 84.9 Å². The summed E-state index contributed by atoms with van der Waals surface area (Å²) in [4.78, 5) is 25.1. The molecular weight excluding hydrogens is 334 g/mol. The second kappa shape index (κ2) is 7.26. The van der Waals surface area contributed by atoms with Gasteiger partial charge in [0.05, 0.1) is 5.70 Å². The second-order valence-electron chi connectivity index (χ2n) is 6.25. The Hall–Kier alpha value is -3.72. The summed E-state index contributed by atoms with van der Waals surface area (Å²) in [5, 5.41) is 3.15. The van der Waals surface area contributed by atoms with Gasteiger partial charge in [-0.2, -0.15) is 0 Å². The number of ketones is 2. The first kappa shape index (κ1) is 16.7. The highest BCUT2D eigenvalue weighted by molar-refractivity contribution is 6.25. The number of carbonyl (C=O) groups excluding carboxylic acids is 2. The van der Waals surface area contributed by atoms with E-state index in [1.807, 2.05) is 66.7 Å². The number of fused-ring (bicyclic) bond motifs is 1. The fourth-order valence-electron chi connectivity index (χ4n) is 3.06. The van der Waals surface area contributed by atoms with E-state index in [0.29, 0.717) is 16.8 Å². The lowest BCUT2D eigenvalue weighted by molar-refractivity contribution is 0.0985. The van der Waals surface area contributed by atoms with Gasteiger partial charge >= 0.3 is 0 Å². The lowest BCUT2D eigenvalue weighted by Gasteiger charge is -2.17. The van der Waals surface area contributed by atoms with Gasteiger partial charge in [0.15, 0.2) is 5.78 Å². The standard InChI is InChI=1S/C24H17NO2/c26-23-16-22(24(27)20-12-6-5-11-19(20)23)25-21-13-7-4-10-18(21)15-14-17-8-2-1-3-9-17/h1-16,25H/b15-14+. The molecule has 0 saturated heterocycles. The van der Waals surface area contributed by atoms with Crippen LogP contribution in [0.5, 0.6) is 0 Å². The molecule has 0 aliphatic heterocycles.